The van der Waals surface area contributed by atoms with E-state index in [2.05, 4.69) is 22.9 Å². The fourth-order valence-corrected chi connectivity index (χ4v) is 2.58. The van der Waals surface area contributed by atoms with Gasteiger partial charge in [-0.25, -0.2) is 4.79 Å². The highest BCUT2D eigenvalue weighted by Crippen LogP contribution is 2.21. The van der Waals surface area contributed by atoms with E-state index in [1.54, 1.807) is 0 Å². The third-order valence-electron chi connectivity index (χ3n) is 3.03. The monoisotopic (exact) mass is 291 g/mol. The summed E-state index contributed by atoms with van der Waals surface area (Å²) in [6.45, 7) is 3.53. The van der Waals surface area contributed by atoms with E-state index in [9.17, 15) is 4.79 Å². The van der Waals surface area contributed by atoms with Gasteiger partial charge in [-0.15, -0.1) is 0 Å². The summed E-state index contributed by atoms with van der Waals surface area (Å²) in [4.78, 5) is 13.8. The number of piperidine rings is 1. The third-order valence-corrected chi connectivity index (χ3v) is 3.49. The first-order valence-electron chi connectivity index (χ1n) is 6.29. The first-order valence-corrected chi connectivity index (χ1v) is 7.41. The van der Waals surface area contributed by atoms with Gasteiger partial charge in [-0.2, -0.15) is 0 Å². The molecule has 1 rings (SSSR count). The molecule has 1 saturated heterocycles. The van der Waals surface area contributed by atoms with E-state index in [1.807, 2.05) is 4.90 Å². The van der Waals surface area contributed by atoms with Gasteiger partial charge < -0.3 is 9.64 Å². The molecule has 0 aromatic rings. The van der Waals surface area contributed by atoms with Crippen LogP contribution in [-0.4, -0.2) is 35.5 Å². The topological polar surface area (TPSA) is 29.5 Å². The zero-order valence-electron chi connectivity index (χ0n) is 10.1. The summed E-state index contributed by atoms with van der Waals surface area (Å²) in [7, 11) is 0. The summed E-state index contributed by atoms with van der Waals surface area (Å²) < 4.78 is 5.27. The van der Waals surface area contributed by atoms with E-state index in [0.29, 0.717) is 12.6 Å². The lowest BCUT2D eigenvalue weighted by atomic mass is 10.0. The number of rotatable bonds is 5. The van der Waals surface area contributed by atoms with Crippen molar-refractivity contribution >= 4 is 22.0 Å². The van der Waals surface area contributed by atoms with Crippen molar-refractivity contribution in [1.82, 2.24) is 4.90 Å². The highest BCUT2D eigenvalue weighted by molar-refractivity contribution is 9.09. The second kappa shape index (κ2) is 7.93. The number of hydrogen-bond donors (Lipinski definition) is 0. The molecule has 0 aromatic heterocycles. The van der Waals surface area contributed by atoms with Gasteiger partial charge in [0.1, 0.15) is 0 Å². The Bertz CT molecular complexity index is 209. The predicted molar refractivity (Wildman–Crippen MR) is 69.0 cm³/mol. The maximum atomic E-state index is 11.8. The van der Waals surface area contributed by atoms with E-state index >= 15 is 0 Å². The fourth-order valence-electron chi connectivity index (χ4n) is 2.05. The van der Waals surface area contributed by atoms with Gasteiger partial charge >= 0.3 is 6.09 Å². The average molecular weight is 292 g/mol. The molecular weight excluding hydrogens is 270 g/mol. The second-order valence-electron chi connectivity index (χ2n) is 4.29. The van der Waals surface area contributed by atoms with E-state index in [0.717, 1.165) is 44.0 Å². The van der Waals surface area contributed by atoms with Crippen LogP contribution in [0.15, 0.2) is 0 Å². The summed E-state index contributed by atoms with van der Waals surface area (Å²) in [6, 6.07) is 0.377. The van der Waals surface area contributed by atoms with Crippen LogP contribution >= 0.6 is 15.9 Å². The van der Waals surface area contributed by atoms with Crippen LogP contribution in [0.1, 0.15) is 45.4 Å². The van der Waals surface area contributed by atoms with Crippen LogP contribution in [0, 0.1) is 0 Å². The number of hydrogen-bond acceptors (Lipinski definition) is 2. The fraction of sp³-hybridized carbons (Fsp3) is 0.917. The minimum absolute atomic E-state index is 0.112. The van der Waals surface area contributed by atoms with Gasteiger partial charge in [0.05, 0.1) is 6.61 Å². The average Bonchev–Trinajstić information content (AvgIpc) is 2.30. The smallest absolute Gasteiger partial charge is 0.410 e. The minimum atomic E-state index is -0.112. The zero-order valence-corrected chi connectivity index (χ0v) is 11.7. The molecule has 1 aliphatic rings. The van der Waals surface area contributed by atoms with Gasteiger partial charge in [-0.05, 0) is 32.1 Å². The van der Waals surface area contributed by atoms with Crippen LogP contribution in [0.5, 0.6) is 0 Å². The molecule has 3 nitrogen and oxygen atoms in total. The van der Waals surface area contributed by atoms with E-state index in [4.69, 9.17) is 4.74 Å². The Morgan fingerprint density at radius 3 is 3.00 bits per heavy atom. The van der Waals surface area contributed by atoms with Crippen molar-refractivity contribution in [3.63, 3.8) is 0 Å². The van der Waals surface area contributed by atoms with Crippen LogP contribution in [-0.2, 0) is 4.74 Å². The highest BCUT2D eigenvalue weighted by atomic mass is 79.9. The second-order valence-corrected chi connectivity index (χ2v) is 5.08. The summed E-state index contributed by atoms with van der Waals surface area (Å²) in [5.74, 6) is 0. The van der Waals surface area contributed by atoms with E-state index in [1.165, 1.54) is 6.42 Å². The number of ether oxygens (including phenoxy) is 1. The Labute approximate surface area is 107 Å². The van der Waals surface area contributed by atoms with Gasteiger partial charge in [-0.3, -0.25) is 0 Å². The molecule has 1 fully saturated rings. The first-order chi connectivity index (χ1) is 7.79. The summed E-state index contributed by atoms with van der Waals surface area (Å²) in [6.07, 6.45) is 6.41. The van der Waals surface area contributed by atoms with Crippen LogP contribution in [0.25, 0.3) is 0 Å². The molecule has 0 N–H and O–H groups in total. The third kappa shape index (κ3) is 4.32. The largest absolute Gasteiger partial charge is 0.449 e. The lowest BCUT2D eigenvalue weighted by Crippen LogP contribution is -2.44. The van der Waals surface area contributed by atoms with Gasteiger partial charge in [0, 0.05) is 17.9 Å². The molecule has 1 amide bonds. The SMILES string of the molecule is CCCCOC(=O)N1CCCCC1CCBr. The predicted octanol–water partition coefficient (Wildman–Crippen LogP) is 3.56. The number of amides is 1. The van der Waals surface area contributed by atoms with Gasteiger partial charge in [0.15, 0.2) is 0 Å². The zero-order chi connectivity index (χ0) is 11.8. The maximum absolute atomic E-state index is 11.8. The normalized spacial score (nSPS) is 20.9. The lowest BCUT2D eigenvalue weighted by Gasteiger charge is -2.34. The maximum Gasteiger partial charge on any atom is 0.410 e. The number of nitrogens with zero attached hydrogens (tertiary/aromatic N) is 1. The van der Waals surface area contributed by atoms with Gasteiger partial charge in [-0.1, -0.05) is 29.3 Å². The summed E-state index contributed by atoms with van der Waals surface area (Å²) in [5, 5.41) is 0.955. The molecule has 0 aromatic carbocycles. The Morgan fingerprint density at radius 2 is 2.31 bits per heavy atom. The highest BCUT2D eigenvalue weighted by Gasteiger charge is 2.26. The number of unbranched alkanes of at least 4 members (excludes halogenated alkanes) is 1. The molecule has 16 heavy (non-hydrogen) atoms. The van der Waals surface area contributed by atoms with Crippen LogP contribution in [0.3, 0.4) is 0 Å². The van der Waals surface area contributed by atoms with Crippen LogP contribution < -0.4 is 0 Å². The standard InChI is InChI=1S/C12H22BrNO2/c1-2-3-10-16-12(15)14-9-5-4-6-11(14)7-8-13/h11H,2-10H2,1H3. The number of carbonyl (C=O) groups excluding carboxylic acids is 1. The first kappa shape index (κ1) is 13.8. The number of halogens is 1. The molecule has 0 aliphatic carbocycles. The van der Waals surface area contributed by atoms with E-state index < -0.39 is 0 Å². The molecule has 1 aliphatic heterocycles. The summed E-state index contributed by atoms with van der Waals surface area (Å²) in [5.41, 5.74) is 0. The minimum Gasteiger partial charge on any atom is -0.449 e. The Kier molecular flexibility index (Phi) is 6.85. The molecule has 0 saturated carbocycles. The molecule has 0 spiro atoms. The van der Waals surface area contributed by atoms with Crippen molar-refractivity contribution < 1.29 is 9.53 Å². The van der Waals surface area contributed by atoms with Crippen molar-refractivity contribution in [3.8, 4) is 0 Å². The molecule has 1 heterocycles. The quantitative estimate of drug-likeness (QED) is 0.573. The van der Waals surface area contributed by atoms with Crippen LogP contribution in [0.2, 0.25) is 0 Å². The lowest BCUT2D eigenvalue weighted by molar-refractivity contribution is 0.0716. The van der Waals surface area contributed by atoms with Crippen LogP contribution in [0.4, 0.5) is 4.79 Å². The van der Waals surface area contributed by atoms with Crippen molar-refractivity contribution in [2.24, 2.45) is 0 Å². The van der Waals surface area contributed by atoms with Crippen molar-refractivity contribution in [3.05, 3.63) is 0 Å². The van der Waals surface area contributed by atoms with Gasteiger partial charge in [0.2, 0.25) is 0 Å². The number of carbonyl (C=O) groups is 1. The van der Waals surface area contributed by atoms with Crippen molar-refractivity contribution in [2.45, 2.75) is 51.5 Å². The van der Waals surface area contributed by atoms with Gasteiger partial charge in [0.25, 0.3) is 0 Å². The molecule has 94 valence electrons. The molecule has 1 unspecified atom stereocenters. The van der Waals surface area contributed by atoms with E-state index in [-0.39, 0.29) is 6.09 Å². The Hall–Kier alpha value is -0.250. The van der Waals surface area contributed by atoms with Crippen molar-refractivity contribution in [1.29, 1.82) is 0 Å². The molecular formula is C12H22BrNO2. The molecule has 0 radical (unpaired) electrons. The molecule has 0 bridgehead atoms. The van der Waals surface area contributed by atoms with Crippen molar-refractivity contribution in [2.75, 3.05) is 18.5 Å². The number of alkyl halides is 1. The summed E-state index contributed by atoms with van der Waals surface area (Å²) >= 11 is 3.45. The Balaban J connectivity index is 2.37. The number of likely N-dealkylation sites (tertiary alicyclic amines) is 1. The molecule has 4 heteroatoms. The Morgan fingerprint density at radius 1 is 1.50 bits per heavy atom. The molecule has 1 atom stereocenters.